The van der Waals surface area contributed by atoms with E-state index in [9.17, 15) is 0 Å². The number of rotatable bonds is 1. The van der Waals surface area contributed by atoms with Crippen molar-refractivity contribution in [2.24, 2.45) is 0 Å². The number of hydrogen-bond acceptors (Lipinski definition) is 1. The molecule has 0 aliphatic carbocycles. The molecule has 0 aromatic heterocycles. The number of benzene rings is 1. The van der Waals surface area contributed by atoms with Crippen molar-refractivity contribution >= 4 is 22.6 Å². The maximum Gasteiger partial charge on any atom is 0.0608 e. The smallest absolute Gasteiger partial charge is 0.0608 e. The van der Waals surface area contributed by atoms with Crippen molar-refractivity contribution in [3.63, 3.8) is 0 Å². The molecular weight excluding hydrogens is 273 g/mol. The van der Waals surface area contributed by atoms with E-state index in [0.717, 1.165) is 0 Å². The summed E-state index contributed by atoms with van der Waals surface area (Å²) in [7, 11) is 2.20. The van der Waals surface area contributed by atoms with Crippen LogP contribution in [0, 0.1) is 0 Å². The average Bonchev–Trinajstić information content (AvgIpc) is 2.49. The summed E-state index contributed by atoms with van der Waals surface area (Å²) in [6.07, 6.45) is 1.27. The second-order valence-corrected chi connectivity index (χ2v) is 5.88. The first-order valence-corrected chi connectivity index (χ1v) is 5.72. The fraction of sp³-hybridized carbons (Fsp3) is 0.455. The molecule has 0 spiro atoms. The number of hydrogen-bond donors (Lipinski definition) is 0. The molecule has 1 aliphatic rings. The van der Waals surface area contributed by atoms with Crippen molar-refractivity contribution < 1.29 is 0 Å². The molecule has 0 radical (unpaired) electrons. The molecule has 1 aliphatic heterocycles. The predicted octanol–water partition coefficient (Wildman–Crippen LogP) is 2.65. The second kappa shape index (κ2) is 3.58. The highest BCUT2D eigenvalue weighted by molar-refractivity contribution is 14.1. The van der Waals surface area contributed by atoms with E-state index >= 15 is 0 Å². The second-order valence-electron chi connectivity index (χ2n) is 3.82. The van der Waals surface area contributed by atoms with Crippen molar-refractivity contribution in [1.82, 2.24) is 4.90 Å². The van der Waals surface area contributed by atoms with E-state index in [-0.39, 0.29) is 0 Å². The lowest BCUT2D eigenvalue weighted by molar-refractivity contribution is 0.409. The van der Waals surface area contributed by atoms with Gasteiger partial charge in [-0.2, -0.15) is 0 Å². The number of alkyl halides is 1. The first-order chi connectivity index (χ1) is 6.21. The normalized spacial score (nSPS) is 29.4. The zero-order chi connectivity index (χ0) is 9.31. The zero-order valence-electron chi connectivity index (χ0n) is 7.83. The first kappa shape index (κ1) is 9.46. The third kappa shape index (κ3) is 1.89. The molecule has 1 aromatic rings. The number of halogens is 1. The van der Waals surface area contributed by atoms with Gasteiger partial charge in [0.2, 0.25) is 0 Å². The van der Waals surface area contributed by atoms with E-state index < -0.39 is 0 Å². The van der Waals surface area contributed by atoms with Crippen LogP contribution in [0.15, 0.2) is 30.3 Å². The minimum Gasteiger partial charge on any atom is -0.305 e. The maximum atomic E-state index is 2.60. The quantitative estimate of drug-likeness (QED) is 0.567. The molecule has 1 heterocycles. The van der Waals surface area contributed by atoms with E-state index in [4.69, 9.17) is 0 Å². The predicted molar refractivity (Wildman–Crippen MR) is 64.3 cm³/mol. The minimum absolute atomic E-state index is 0.355. The van der Waals surface area contributed by atoms with Gasteiger partial charge in [-0.3, -0.25) is 0 Å². The lowest BCUT2D eigenvalue weighted by Crippen LogP contribution is -2.22. The Bertz CT molecular complexity index is 285. The highest BCUT2D eigenvalue weighted by atomic mass is 127. The highest BCUT2D eigenvalue weighted by Gasteiger charge is 2.35. The molecule has 13 heavy (non-hydrogen) atoms. The molecule has 0 amide bonds. The van der Waals surface area contributed by atoms with Crippen LogP contribution in [0.4, 0.5) is 0 Å². The summed E-state index contributed by atoms with van der Waals surface area (Å²) in [4.78, 5) is 2.40. The molecule has 70 valence electrons. The Hall–Kier alpha value is -0.0900. The lowest BCUT2D eigenvalue weighted by Gasteiger charge is -2.21. The van der Waals surface area contributed by atoms with Gasteiger partial charge in [0, 0.05) is 6.54 Å². The van der Waals surface area contributed by atoms with Crippen molar-refractivity contribution in [3.05, 3.63) is 35.9 Å². The molecule has 1 saturated heterocycles. The summed E-state index contributed by atoms with van der Waals surface area (Å²) in [5, 5.41) is 0. The van der Waals surface area contributed by atoms with Gasteiger partial charge in [-0.1, -0.05) is 52.9 Å². The molecule has 0 N–H and O–H groups in total. The third-order valence-electron chi connectivity index (χ3n) is 2.70. The van der Waals surface area contributed by atoms with Gasteiger partial charge in [0.15, 0.2) is 0 Å². The van der Waals surface area contributed by atoms with E-state index in [1.165, 1.54) is 25.1 Å². The van der Waals surface area contributed by atoms with Crippen LogP contribution < -0.4 is 0 Å². The maximum absolute atomic E-state index is 2.60. The molecule has 2 heteroatoms. The zero-order valence-corrected chi connectivity index (χ0v) is 9.99. The third-order valence-corrected chi connectivity index (χ3v) is 4.20. The average molecular weight is 287 g/mol. The Labute approximate surface area is 93.3 Å². The minimum atomic E-state index is 0.355. The largest absolute Gasteiger partial charge is 0.305 e. The lowest BCUT2D eigenvalue weighted by atomic mass is 9.99. The van der Waals surface area contributed by atoms with E-state index in [0.29, 0.717) is 3.42 Å². The van der Waals surface area contributed by atoms with Crippen LogP contribution in [0.2, 0.25) is 0 Å². The van der Waals surface area contributed by atoms with Gasteiger partial charge in [-0.05, 0) is 25.6 Å². The molecule has 1 atom stereocenters. The molecule has 0 saturated carbocycles. The monoisotopic (exact) mass is 287 g/mol. The number of likely N-dealkylation sites (tertiary alicyclic amines) is 1. The molecule has 1 aromatic carbocycles. The summed E-state index contributed by atoms with van der Waals surface area (Å²) < 4.78 is 0.355. The topological polar surface area (TPSA) is 3.24 Å². The van der Waals surface area contributed by atoms with Crippen molar-refractivity contribution in [1.29, 1.82) is 0 Å². The van der Waals surface area contributed by atoms with E-state index in [1.54, 1.807) is 0 Å². The fourth-order valence-corrected chi connectivity index (χ4v) is 3.11. The molecule has 2 rings (SSSR count). The summed E-state index contributed by atoms with van der Waals surface area (Å²) in [5.74, 6) is 0. The standard InChI is InChI=1S/C11H14IN/c1-13-8-7-11(12,9-13)10-5-3-2-4-6-10/h2-6H,7-9H2,1H3/t11-/m1/s1. The molecule has 1 fully saturated rings. The van der Waals surface area contributed by atoms with Crippen molar-refractivity contribution in [3.8, 4) is 0 Å². The fourth-order valence-electron chi connectivity index (χ4n) is 1.93. The Kier molecular flexibility index (Phi) is 2.60. The Balaban J connectivity index is 2.26. The van der Waals surface area contributed by atoms with E-state index in [1.807, 2.05) is 0 Å². The van der Waals surface area contributed by atoms with Gasteiger partial charge >= 0.3 is 0 Å². The number of likely N-dealkylation sites (N-methyl/N-ethyl adjacent to an activating group) is 1. The van der Waals surface area contributed by atoms with Gasteiger partial charge in [-0.25, -0.2) is 0 Å². The summed E-state index contributed by atoms with van der Waals surface area (Å²) in [5.41, 5.74) is 1.47. The van der Waals surface area contributed by atoms with Gasteiger partial charge in [0.1, 0.15) is 0 Å². The van der Waals surface area contributed by atoms with Gasteiger partial charge in [0.25, 0.3) is 0 Å². The molecular formula is C11H14IN. The SMILES string of the molecule is CN1CC[C@](I)(c2ccccc2)C1. The summed E-state index contributed by atoms with van der Waals surface area (Å²) in [6, 6.07) is 10.8. The number of nitrogens with zero attached hydrogens (tertiary/aromatic N) is 1. The van der Waals surface area contributed by atoms with Crippen LogP contribution >= 0.6 is 22.6 Å². The summed E-state index contributed by atoms with van der Waals surface area (Å²) in [6.45, 7) is 2.40. The van der Waals surface area contributed by atoms with E-state index in [2.05, 4.69) is 64.9 Å². The van der Waals surface area contributed by atoms with Crippen LogP contribution in [-0.4, -0.2) is 25.0 Å². The Morgan fingerprint density at radius 3 is 2.54 bits per heavy atom. The van der Waals surface area contributed by atoms with Crippen LogP contribution in [0.25, 0.3) is 0 Å². The van der Waals surface area contributed by atoms with Crippen molar-refractivity contribution in [2.75, 3.05) is 20.1 Å². The molecule has 0 bridgehead atoms. The van der Waals surface area contributed by atoms with Crippen LogP contribution in [0.5, 0.6) is 0 Å². The van der Waals surface area contributed by atoms with Crippen LogP contribution in [0.1, 0.15) is 12.0 Å². The molecule has 1 nitrogen and oxygen atoms in total. The van der Waals surface area contributed by atoms with Gasteiger partial charge in [-0.15, -0.1) is 0 Å². The highest BCUT2D eigenvalue weighted by Crippen LogP contribution is 2.40. The molecule has 0 unspecified atom stereocenters. The van der Waals surface area contributed by atoms with Crippen LogP contribution in [-0.2, 0) is 3.42 Å². The van der Waals surface area contributed by atoms with Gasteiger partial charge < -0.3 is 4.90 Å². The van der Waals surface area contributed by atoms with Crippen molar-refractivity contribution in [2.45, 2.75) is 9.84 Å². The van der Waals surface area contributed by atoms with Crippen LogP contribution in [0.3, 0.4) is 0 Å². The Morgan fingerprint density at radius 1 is 1.31 bits per heavy atom. The van der Waals surface area contributed by atoms with Gasteiger partial charge in [0.05, 0.1) is 3.42 Å². The first-order valence-electron chi connectivity index (χ1n) is 4.64. The summed E-state index contributed by atoms with van der Waals surface area (Å²) >= 11 is 2.60. The Morgan fingerprint density at radius 2 is 2.00 bits per heavy atom.